The molecule has 0 aliphatic rings. The van der Waals surface area contributed by atoms with E-state index in [-0.39, 0.29) is 0 Å². The number of hydrogen-bond donors (Lipinski definition) is 0. The first-order chi connectivity index (χ1) is 17.5. The molecule has 180 valence electrons. The van der Waals surface area contributed by atoms with Crippen LogP contribution in [0, 0.1) is 0 Å². The Bertz CT molecular complexity index is 1710. The highest BCUT2D eigenvalue weighted by Crippen LogP contribution is 2.38. The third-order valence-corrected chi connectivity index (χ3v) is 7.14. The summed E-state index contributed by atoms with van der Waals surface area (Å²) in [6.45, 7) is 11.2. The van der Waals surface area contributed by atoms with Crippen LogP contribution in [0.15, 0.2) is 77.2 Å². The molecule has 3 heterocycles. The Kier molecular flexibility index (Phi) is 5.40. The van der Waals surface area contributed by atoms with E-state index in [1.807, 2.05) is 0 Å². The highest BCUT2D eigenvalue weighted by atomic mass is 16.3. The smallest absolute Gasteiger partial charge is 0.227 e. The normalized spacial score (nSPS) is 12.1. The minimum Gasteiger partial charge on any atom is -0.438 e. The highest BCUT2D eigenvalue weighted by Gasteiger charge is 2.22. The lowest BCUT2D eigenvalue weighted by atomic mass is 9.92. The van der Waals surface area contributed by atoms with E-state index in [2.05, 4.69) is 112 Å². The van der Waals surface area contributed by atoms with Crippen LogP contribution >= 0.6 is 0 Å². The number of furan rings is 1. The molecule has 0 radical (unpaired) electrons. The summed E-state index contributed by atoms with van der Waals surface area (Å²) in [7, 11) is 0. The third kappa shape index (κ3) is 3.51. The van der Waals surface area contributed by atoms with Gasteiger partial charge in [-0.25, -0.2) is 9.97 Å². The van der Waals surface area contributed by atoms with Gasteiger partial charge in [0.25, 0.3) is 0 Å². The number of nitrogens with zero attached hydrogens (tertiary/aromatic N) is 3. The Morgan fingerprint density at radius 1 is 0.778 bits per heavy atom. The van der Waals surface area contributed by atoms with E-state index in [0.29, 0.717) is 17.5 Å². The molecule has 4 heteroatoms. The number of para-hydroxylation sites is 3. The molecular formula is C32H31N3O. The number of imidazole rings is 1. The molecule has 0 atom stereocenters. The molecule has 0 aliphatic heterocycles. The molecule has 6 rings (SSSR count). The number of rotatable bonds is 5. The molecule has 4 nitrogen and oxygen atoms in total. The zero-order valence-electron chi connectivity index (χ0n) is 21.5. The summed E-state index contributed by atoms with van der Waals surface area (Å²) in [6.07, 6.45) is 0.885. The number of aromatic nitrogens is 3. The molecule has 6 aromatic rings. The summed E-state index contributed by atoms with van der Waals surface area (Å²) in [5, 5.41) is 2.11. The summed E-state index contributed by atoms with van der Waals surface area (Å²) in [4.78, 5) is 9.88. The van der Waals surface area contributed by atoms with Crippen LogP contribution in [0.25, 0.3) is 50.2 Å². The van der Waals surface area contributed by atoms with E-state index in [0.717, 1.165) is 50.9 Å². The molecule has 0 bridgehead atoms. The largest absolute Gasteiger partial charge is 0.438 e. The van der Waals surface area contributed by atoms with Gasteiger partial charge in [-0.15, -0.1) is 0 Å². The van der Waals surface area contributed by atoms with Crippen molar-refractivity contribution in [2.45, 2.75) is 52.9 Å². The topological polar surface area (TPSA) is 43.9 Å². The minimum atomic E-state index is 0.381. The van der Waals surface area contributed by atoms with Gasteiger partial charge in [-0.1, -0.05) is 65.0 Å². The zero-order chi connectivity index (χ0) is 25.0. The molecule has 0 saturated carbocycles. The number of hydrogen-bond acceptors (Lipinski definition) is 3. The van der Waals surface area contributed by atoms with Gasteiger partial charge in [-0.2, -0.15) is 0 Å². The van der Waals surface area contributed by atoms with Gasteiger partial charge < -0.3 is 4.42 Å². The Morgan fingerprint density at radius 3 is 2.25 bits per heavy atom. The summed E-state index contributed by atoms with van der Waals surface area (Å²) in [5.41, 5.74) is 9.67. The van der Waals surface area contributed by atoms with Crippen LogP contribution in [-0.4, -0.2) is 14.5 Å². The van der Waals surface area contributed by atoms with E-state index in [1.54, 1.807) is 0 Å². The lowest BCUT2D eigenvalue weighted by molar-refractivity contribution is 0.651. The monoisotopic (exact) mass is 473 g/mol. The van der Waals surface area contributed by atoms with Crippen molar-refractivity contribution in [1.29, 1.82) is 0 Å². The van der Waals surface area contributed by atoms with E-state index in [9.17, 15) is 0 Å². The maximum atomic E-state index is 6.12. The zero-order valence-corrected chi connectivity index (χ0v) is 21.5. The number of fused-ring (bicyclic) bond motifs is 4. The molecule has 0 fully saturated rings. The predicted octanol–water partition coefficient (Wildman–Crippen LogP) is 8.80. The van der Waals surface area contributed by atoms with Crippen LogP contribution in [-0.2, 0) is 6.42 Å². The molecular weight excluding hydrogens is 442 g/mol. The van der Waals surface area contributed by atoms with Crippen molar-refractivity contribution in [3.63, 3.8) is 0 Å². The van der Waals surface area contributed by atoms with Crippen LogP contribution in [0.2, 0.25) is 0 Å². The van der Waals surface area contributed by atoms with Gasteiger partial charge in [0.1, 0.15) is 11.4 Å². The second kappa shape index (κ2) is 8.63. The highest BCUT2D eigenvalue weighted by molar-refractivity contribution is 6.05. The van der Waals surface area contributed by atoms with E-state index in [4.69, 9.17) is 14.4 Å². The molecule has 0 unspecified atom stereocenters. The van der Waals surface area contributed by atoms with E-state index in [1.165, 1.54) is 16.8 Å². The van der Waals surface area contributed by atoms with Crippen LogP contribution in [0.5, 0.6) is 0 Å². The molecule has 3 aromatic carbocycles. The second-order valence-electron chi connectivity index (χ2n) is 10.2. The maximum Gasteiger partial charge on any atom is 0.227 e. The first-order valence-electron chi connectivity index (χ1n) is 12.9. The van der Waals surface area contributed by atoms with Gasteiger partial charge in [-0.05, 0) is 71.8 Å². The fourth-order valence-electron chi connectivity index (χ4n) is 5.25. The third-order valence-electron chi connectivity index (χ3n) is 7.14. The predicted molar refractivity (Wildman–Crippen MR) is 149 cm³/mol. The van der Waals surface area contributed by atoms with Crippen LogP contribution in [0.4, 0.5) is 0 Å². The number of aryl methyl sites for hydroxylation is 1. The van der Waals surface area contributed by atoms with Crippen molar-refractivity contribution in [3.05, 3.63) is 89.6 Å². The molecule has 3 aromatic heterocycles. The minimum absolute atomic E-state index is 0.381. The van der Waals surface area contributed by atoms with Crippen LogP contribution in [0.1, 0.15) is 63.3 Å². The second-order valence-corrected chi connectivity index (χ2v) is 10.2. The average Bonchev–Trinajstić information content (AvgIpc) is 3.45. The maximum absolute atomic E-state index is 6.12. The summed E-state index contributed by atoms with van der Waals surface area (Å²) >= 11 is 0. The van der Waals surface area contributed by atoms with Crippen LogP contribution in [0.3, 0.4) is 0 Å². The Morgan fingerprint density at radius 2 is 1.53 bits per heavy atom. The Hall–Kier alpha value is -3.92. The van der Waals surface area contributed by atoms with Gasteiger partial charge in [-0.3, -0.25) is 4.57 Å². The fraction of sp³-hybridized carbons (Fsp3) is 0.250. The van der Waals surface area contributed by atoms with Gasteiger partial charge in [0.2, 0.25) is 5.71 Å². The summed E-state index contributed by atoms with van der Waals surface area (Å²) in [6, 6.07) is 25.7. The number of benzene rings is 3. The first kappa shape index (κ1) is 22.5. The molecule has 0 spiro atoms. The van der Waals surface area contributed by atoms with Gasteiger partial charge in [0, 0.05) is 22.0 Å². The van der Waals surface area contributed by atoms with Gasteiger partial charge in [0.15, 0.2) is 0 Å². The van der Waals surface area contributed by atoms with Crippen molar-refractivity contribution in [3.8, 4) is 17.1 Å². The van der Waals surface area contributed by atoms with Crippen molar-refractivity contribution in [2.24, 2.45) is 0 Å². The molecule has 36 heavy (non-hydrogen) atoms. The average molecular weight is 474 g/mol. The lowest BCUT2D eigenvalue weighted by Crippen LogP contribution is -2.08. The summed E-state index contributed by atoms with van der Waals surface area (Å²) in [5.74, 6) is 1.71. The molecule has 0 aliphatic carbocycles. The molecule has 0 saturated heterocycles. The quantitative estimate of drug-likeness (QED) is 0.251. The van der Waals surface area contributed by atoms with Gasteiger partial charge >= 0.3 is 0 Å². The fourth-order valence-corrected chi connectivity index (χ4v) is 5.25. The van der Waals surface area contributed by atoms with Crippen molar-refractivity contribution in [2.75, 3.05) is 0 Å². The van der Waals surface area contributed by atoms with Crippen LogP contribution < -0.4 is 0 Å². The standard InChI is InChI=1S/C32H31N3O/c1-6-22-15-16-25-26-18-21(14-17-29(26)36-32(25)33-22)31-34-27-12-7-8-13-28(27)35(31)30-23(19(2)3)10-9-11-24(30)20(4)5/h7-20H,6H2,1-5H3. The SMILES string of the molecule is CCc1ccc2c(n1)oc1ccc(-c3nc4ccccc4n3-c3c(C(C)C)cccc3C(C)C)cc12. The van der Waals surface area contributed by atoms with Crippen molar-refractivity contribution >= 4 is 33.1 Å². The van der Waals surface area contributed by atoms with E-state index < -0.39 is 0 Å². The Balaban J connectivity index is 1.67. The van der Waals surface area contributed by atoms with Crippen molar-refractivity contribution < 1.29 is 4.42 Å². The number of pyridine rings is 1. The first-order valence-corrected chi connectivity index (χ1v) is 12.9. The molecule has 0 amide bonds. The molecule has 0 N–H and O–H groups in total. The van der Waals surface area contributed by atoms with Gasteiger partial charge in [0.05, 0.1) is 16.7 Å². The van der Waals surface area contributed by atoms with Crippen molar-refractivity contribution in [1.82, 2.24) is 14.5 Å². The lowest BCUT2D eigenvalue weighted by Gasteiger charge is -2.22. The summed E-state index contributed by atoms with van der Waals surface area (Å²) < 4.78 is 8.49. The Labute approximate surface area is 211 Å². The van der Waals surface area contributed by atoms with E-state index >= 15 is 0 Å².